The highest BCUT2D eigenvalue weighted by atomic mass is 32.2. The molecule has 17 heteroatoms. The van der Waals surface area contributed by atoms with Crippen LogP contribution in [-0.4, -0.2) is 193 Å². The fourth-order valence-corrected chi connectivity index (χ4v) is 5.71. The van der Waals surface area contributed by atoms with E-state index in [4.69, 9.17) is 9.47 Å². The molecule has 0 amide bonds. The number of hydrogen-bond donors (Lipinski definition) is 4. The standard InChI is InChI=1S/C24H45N5O11S/c1-24(2)39-18-20(40-24)14-29(41(3,37)38)13-19(30)12-25-4-6-26(15-21(31)32)8-10-28(17-23(35)36)11-9-27(7-5-25)16-22(33)34/h19-20,30H,4-18H2,1-3H3,(H,31,32)(H,33,34)(H,35,36). The Morgan fingerprint density at radius 3 is 1.54 bits per heavy atom. The lowest BCUT2D eigenvalue weighted by Crippen LogP contribution is -2.50. The van der Waals surface area contributed by atoms with Crippen LogP contribution >= 0.6 is 0 Å². The topological polar surface area (TPSA) is 201 Å². The molecule has 41 heavy (non-hydrogen) atoms. The van der Waals surface area contributed by atoms with Gasteiger partial charge in [-0.1, -0.05) is 0 Å². The SMILES string of the molecule is CC1(C)OCC(CN(CC(O)CN2CCN(CC(=O)O)CCN(CC(=O)O)CCN(CC(=O)O)CC2)S(C)(=O)=O)O1. The summed E-state index contributed by atoms with van der Waals surface area (Å²) in [7, 11) is -3.69. The van der Waals surface area contributed by atoms with Gasteiger partial charge in [0, 0.05) is 72.0 Å². The molecule has 0 spiro atoms. The van der Waals surface area contributed by atoms with Crippen LogP contribution in [0.5, 0.6) is 0 Å². The van der Waals surface area contributed by atoms with Gasteiger partial charge in [-0.15, -0.1) is 0 Å². The van der Waals surface area contributed by atoms with Crippen LogP contribution in [0.3, 0.4) is 0 Å². The van der Waals surface area contributed by atoms with Gasteiger partial charge in [-0.3, -0.25) is 34.0 Å². The zero-order valence-electron chi connectivity index (χ0n) is 24.1. The zero-order chi connectivity index (χ0) is 30.8. The molecule has 2 heterocycles. The largest absolute Gasteiger partial charge is 0.480 e. The van der Waals surface area contributed by atoms with Crippen molar-refractivity contribution in [1.82, 2.24) is 23.9 Å². The Bertz CT molecular complexity index is 951. The first-order valence-corrected chi connectivity index (χ1v) is 15.4. The minimum Gasteiger partial charge on any atom is -0.480 e. The van der Waals surface area contributed by atoms with Gasteiger partial charge in [-0.05, 0) is 13.8 Å². The summed E-state index contributed by atoms with van der Waals surface area (Å²) in [6.07, 6.45) is -0.540. The third-order valence-corrected chi connectivity index (χ3v) is 8.07. The molecule has 0 aliphatic carbocycles. The normalized spacial score (nSPS) is 23.6. The average molecular weight is 612 g/mol. The second-order valence-electron chi connectivity index (χ2n) is 11.0. The molecule has 0 aromatic heterocycles. The average Bonchev–Trinajstić information content (AvgIpc) is 3.16. The maximum atomic E-state index is 12.5. The lowest BCUT2D eigenvalue weighted by Gasteiger charge is -2.34. The van der Waals surface area contributed by atoms with Gasteiger partial charge in [-0.25, -0.2) is 8.42 Å². The van der Waals surface area contributed by atoms with Crippen LogP contribution in [0.1, 0.15) is 13.8 Å². The highest BCUT2D eigenvalue weighted by Crippen LogP contribution is 2.23. The molecule has 0 aromatic carbocycles. The van der Waals surface area contributed by atoms with Crippen molar-refractivity contribution in [2.45, 2.75) is 31.8 Å². The second-order valence-corrected chi connectivity index (χ2v) is 13.0. The van der Waals surface area contributed by atoms with Crippen LogP contribution in [0.4, 0.5) is 0 Å². The third kappa shape index (κ3) is 14.2. The number of rotatable bonds is 13. The number of β-amino-alcohol motifs (C(OH)–C–C–N with tert-alkyl or cyclic N) is 1. The smallest absolute Gasteiger partial charge is 0.317 e. The summed E-state index contributed by atoms with van der Waals surface area (Å²) >= 11 is 0. The maximum Gasteiger partial charge on any atom is 0.317 e. The second kappa shape index (κ2) is 16.0. The Morgan fingerprint density at radius 2 is 1.22 bits per heavy atom. The van der Waals surface area contributed by atoms with Crippen molar-refractivity contribution >= 4 is 27.9 Å². The maximum absolute atomic E-state index is 12.5. The van der Waals surface area contributed by atoms with Gasteiger partial charge in [0.2, 0.25) is 10.0 Å². The summed E-state index contributed by atoms with van der Waals surface area (Å²) in [5.74, 6) is -3.94. The Morgan fingerprint density at radius 1 is 0.829 bits per heavy atom. The quantitative estimate of drug-likeness (QED) is 0.167. The molecule has 2 atom stereocenters. The molecule has 16 nitrogen and oxygen atoms in total. The van der Waals surface area contributed by atoms with Crippen molar-refractivity contribution in [3.8, 4) is 0 Å². The van der Waals surface area contributed by atoms with E-state index in [0.717, 1.165) is 10.6 Å². The number of ether oxygens (including phenoxy) is 2. The number of carbonyl (C=O) groups is 3. The highest BCUT2D eigenvalue weighted by molar-refractivity contribution is 7.88. The van der Waals surface area contributed by atoms with Gasteiger partial charge >= 0.3 is 17.9 Å². The van der Waals surface area contributed by atoms with Crippen LogP contribution in [0.15, 0.2) is 0 Å². The Kier molecular flexibility index (Phi) is 13.8. The van der Waals surface area contributed by atoms with E-state index >= 15 is 0 Å². The molecule has 2 aliphatic rings. The Hall–Kier alpha value is -1.96. The van der Waals surface area contributed by atoms with Crippen molar-refractivity contribution in [1.29, 1.82) is 0 Å². The van der Waals surface area contributed by atoms with Gasteiger partial charge in [0.1, 0.15) is 0 Å². The van der Waals surface area contributed by atoms with Crippen LogP contribution in [0, 0.1) is 0 Å². The van der Waals surface area contributed by atoms with E-state index in [1.807, 2.05) is 4.90 Å². The van der Waals surface area contributed by atoms with E-state index in [-0.39, 0.29) is 85.1 Å². The molecule has 0 bridgehead atoms. The van der Waals surface area contributed by atoms with E-state index in [0.29, 0.717) is 13.1 Å². The van der Waals surface area contributed by atoms with E-state index in [2.05, 4.69) is 0 Å². The Labute approximate surface area is 241 Å². The predicted molar refractivity (Wildman–Crippen MR) is 146 cm³/mol. The molecule has 238 valence electrons. The first-order valence-electron chi connectivity index (χ1n) is 13.5. The summed E-state index contributed by atoms with van der Waals surface area (Å²) < 4.78 is 37.4. The molecule has 0 radical (unpaired) electrons. The van der Waals surface area contributed by atoms with E-state index in [1.54, 1.807) is 28.5 Å². The number of aliphatic hydroxyl groups excluding tert-OH is 1. The number of aliphatic hydroxyl groups is 1. The summed E-state index contributed by atoms with van der Waals surface area (Å²) in [4.78, 5) is 41.1. The number of nitrogens with zero attached hydrogens (tertiary/aromatic N) is 5. The molecule has 2 unspecified atom stereocenters. The summed E-state index contributed by atoms with van der Waals surface area (Å²) in [6.45, 7) is 5.07. The number of hydrogen-bond acceptors (Lipinski definition) is 12. The monoisotopic (exact) mass is 611 g/mol. The molecule has 2 aliphatic heterocycles. The molecule has 2 saturated heterocycles. The van der Waals surface area contributed by atoms with Crippen molar-refractivity contribution in [2.75, 3.05) is 104 Å². The summed E-state index contributed by atoms with van der Waals surface area (Å²) in [6, 6.07) is 0. The number of carboxylic acid groups (broad SMARTS) is 3. The zero-order valence-corrected chi connectivity index (χ0v) is 24.9. The van der Waals surface area contributed by atoms with Crippen LogP contribution < -0.4 is 0 Å². The van der Waals surface area contributed by atoms with Gasteiger partial charge < -0.3 is 29.9 Å². The van der Waals surface area contributed by atoms with Crippen LogP contribution in [0.25, 0.3) is 0 Å². The Balaban J connectivity index is 2.13. The molecule has 4 N–H and O–H groups in total. The van der Waals surface area contributed by atoms with Gasteiger partial charge in [0.25, 0.3) is 0 Å². The lowest BCUT2D eigenvalue weighted by molar-refractivity contribution is -0.140. The van der Waals surface area contributed by atoms with E-state index < -0.39 is 45.9 Å². The van der Waals surface area contributed by atoms with Gasteiger partial charge in [0.15, 0.2) is 5.79 Å². The minimum absolute atomic E-state index is 0.00491. The molecule has 2 rings (SSSR count). The molecule has 2 fully saturated rings. The molecular formula is C24H45N5O11S. The first kappa shape index (κ1) is 35.2. The third-order valence-electron chi connectivity index (χ3n) is 6.83. The van der Waals surface area contributed by atoms with Crippen molar-refractivity contribution in [3.63, 3.8) is 0 Å². The van der Waals surface area contributed by atoms with E-state index in [1.165, 1.54) is 0 Å². The fraction of sp³-hybridized carbons (Fsp3) is 0.875. The molecule has 0 aromatic rings. The fourth-order valence-electron chi connectivity index (χ4n) is 4.83. The van der Waals surface area contributed by atoms with Gasteiger partial charge in [0.05, 0.1) is 44.7 Å². The molecular weight excluding hydrogens is 566 g/mol. The van der Waals surface area contributed by atoms with Gasteiger partial charge in [-0.2, -0.15) is 4.31 Å². The summed E-state index contributed by atoms with van der Waals surface area (Å²) in [5.41, 5.74) is 0. The predicted octanol–water partition coefficient (Wildman–Crippen LogP) is -2.76. The van der Waals surface area contributed by atoms with Crippen molar-refractivity contribution in [2.24, 2.45) is 0 Å². The number of sulfonamides is 1. The number of aliphatic carboxylic acids is 3. The van der Waals surface area contributed by atoms with Crippen LogP contribution in [0.2, 0.25) is 0 Å². The van der Waals surface area contributed by atoms with Crippen molar-refractivity contribution < 1.29 is 52.7 Å². The summed E-state index contributed by atoms with van der Waals surface area (Å²) in [5, 5.41) is 39.0. The van der Waals surface area contributed by atoms with E-state index in [9.17, 15) is 43.2 Å². The number of carboxylic acids is 3. The first-order chi connectivity index (χ1) is 19.0. The lowest BCUT2D eigenvalue weighted by atomic mass is 10.2. The van der Waals surface area contributed by atoms with Crippen molar-refractivity contribution in [3.05, 3.63) is 0 Å². The minimum atomic E-state index is -3.69. The van der Waals surface area contributed by atoms with Crippen LogP contribution in [-0.2, 0) is 33.9 Å². The highest BCUT2D eigenvalue weighted by Gasteiger charge is 2.36. The molecule has 0 saturated carbocycles.